The third-order valence-corrected chi connectivity index (χ3v) is 10.3. The largest absolute Gasteiger partial charge is 0.462 e. The third-order valence-electron chi connectivity index (χ3n) is 10.3. The van der Waals surface area contributed by atoms with Crippen molar-refractivity contribution >= 4 is 11.9 Å². The van der Waals surface area contributed by atoms with Crippen molar-refractivity contribution < 1.29 is 23.8 Å². The molecule has 0 fully saturated rings. The Balaban J connectivity index is 4.40. The van der Waals surface area contributed by atoms with Crippen LogP contribution >= 0.6 is 0 Å². The smallest absolute Gasteiger partial charge is 0.306 e. The first-order chi connectivity index (χ1) is 30.6. The molecular formula is C57H94O5. The Morgan fingerprint density at radius 1 is 0.371 bits per heavy atom. The van der Waals surface area contributed by atoms with E-state index >= 15 is 0 Å². The van der Waals surface area contributed by atoms with Crippen LogP contribution in [0.5, 0.6) is 0 Å². The number of rotatable bonds is 45. The second-order valence-corrected chi connectivity index (χ2v) is 16.3. The zero-order chi connectivity index (χ0) is 44.9. The maximum absolute atomic E-state index is 12.8. The quantitative estimate of drug-likeness (QED) is 0.0347. The summed E-state index contributed by atoms with van der Waals surface area (Å²) in [5, 5.41) is 0. The topological polar surface area (TPSA) is 61.8 Å². The lowest BCUT2D eigenvalue weighted by Crippen LogP contribution is -2.30. The van der Waals surface area contributed by atoms with Gasteiger partial charge in [0.2, 0.25) is 0 Å². The molecule has 0 N–H and O–H groups in total. The number of carbonyl (C=O) groups excluding carboxylic acids is 2. The van der Waals surface area contributed by atoms with Crippen LogP contribution in [0.2, 0.25) is 0 Å². The van der Waals surface area contributed by atoms with Crippen LogP contribution in [-0.2, 0) is 23.8 Å². The van der Waals surface area contributed by atoms with E-state index < -0.39 is 6.10 Å². The molecule has 0 heterocycles. The molecule has 0 aromatic heterocycles. The predicted octanol–water partition coefficient (Wildman–Crippen LogP) is 17.2. The molecule has 0 amide bonds. The fourth-order valence-corrected chi connectivity index (χ4v) is 6.60. The summed E-state index contributed by atoms with van der Waals surface area (Å²) >= 11 is 0. The molecule has 0 spiro atoms. The van der Waals surface area contributed by atoms with E-state index in [4.69, 9.17) is 14.2 Å². The Hall–Kier alpha value is -3.44. The van der Waals surface area contributed by atoms with Crippen molar-refractivity contribution in [3.63, 3.8) is 0 Å². The van der Waals surface area contributed by atoms with Gasteiger partial charge in [-0.15, -0.1) is 0 Å². The summed E-state index contributed by atoms with van der Waals surface area (Å²) in [6.45, 7) is 7.42. The molecule has 5 heteroatoms. The number of hydrogen-bond acceptors (Lipinski definition) is 5. The number of unbranched alkanes of at least 4 members (excludes halogenated alkanes) is 16. The minimum atomic E-state index is -0.582. The lowest BCUT2D eigenvalue weighted by molar-refractivity contribution is -0.163. The van der Waals surface area contributed by atoms with E-state index in [0.717, 1.165) is 116 Å². The lowest BCUT2D eigenvalue weighted by Gasteiger charge is -2.18. The highest BCUT2D eigenvalue weighted by atomic mass is 16.6. The van der Waals surface area contributed by atoms with Crippen LogP contribution in [0.4, 0.5) is 0 Å². The van der Waals surface area contributed by atoms with E-state index in [0.29, 0.717) is 19.4 Å². The first-order valence-corrected chi connectivity index (χ1v) is 25.4. The van der Waals surface area contributed by atoms with Crippen molar-refractivity contribution in [1.29, 1.82) is 0 Å². The summed E-state index contributed by atoms with van der Waals surface area (Å²) in [5.74, 6) is -0.468. The van der Waals surface area contributed by atoms with Gasteiger partial charge in [-0.1, -0.05) is 214 Å². The molecule has 1 atom stereocenters. The minimum Gasteiger partial charge on any atom is -0.462 e. The van der Waals surface area contributed by atoms with Crippen molar-refractivity contribution in [3.05, 3.63) is 109 Å². The van der Waals surface area contributed by atoms with Gasteiger partial charge in [-0.05, 0) is 96.3 Å². The highest BCUT2D eigenvalue weighted by molar-refractivity contribution is 5.70. The van der Waals surface area contributed by atoms with Crippen molar-refractivity contribution in [3.8, 4) is 0 Å². The molecule has 0 aliphatic heterocycles. The van der Waals surface area contributed by atoms with E-state index in [1.807, 2.05) is 0 Å². The van der Waals surface area contributed by atoms with Crippen LogP contribution in [0, 0.1) is 0 Å². The molecule has 0 radical (unpaired) electrons. The van der Waals surface area contributed by atoms with Crippen molar-refractivity contribution in [2.45, 2.75) is 219 Å². The second kappa shape index (κ2) is 51.9. The van der Waals surface area contributed by atoms with E-state index in [1.165, 1.54) is 64.2 Å². The highest BCUT2D eigenvalue weighted by Crippen LogP contribution is 2.14. The standard InChI is InChI=1S/C57H94O5/c1-4-7-10-13-16-19-22-25-27-28-29-30-31-33-35-38-41-44-47-50-56(58)61-54-55(53-60-52-49-46-43-40-37-34-26-23-20-17-14-11-8-5-2)62-57(59)51-48-45-42-39-36-32-24-21-18-15-12-9-6-3/h7-8,10-11,16-17,19-20,25-27,29-30,33-35,40,43,55H,4-6,9,12-15,18,21-24,28,31-32,36-39,41-42,44-54H2,1-3H3/b10-7-,11-8-,19-16-,20-17-,27-25-,30-29-,34-26-,35-33-,43-40-. The Labute approximate surface area is 383 Å². The molecule has 0 aliphatic rings. The molecule has 0 rings (SSSR count). The minimum absolute atomic E-state index is 0.0417. The third kappa shape index (κ3) is 49.2. The van der Waals surface area contributed by atoms with Crippen molar-refractivity contribution in [2.75, 3.05) is 19.8 Å². The average Bonchev–Trinajstić information content (AvgIpc) is 3.27. The Kier molecular flexibility index (Phi) is 49.0. The van der Waals surface area contributed by atoms with Crippen molar-refractivity contribution in [2.24, 2.45) is 0 Å². The normalized spacial score (nSPS) is 13.1. The van der Waals surface area contributed by atoms with Gasteiger partial charge >= 0.3 is 11.9 Å². The van der Waals surface area contributed by atoms with Gasteiger partial charge in [-0.3, -0.25) is 9.59 Å². The Bertz CT molecular complexity index is 1250. The molecule has 1 unspecified atom stereocenters. The van der Waals surface area contributed by atoms with Gasteiger partial charge in [0, 0.05) is 19.4 Å². The van der Waals surface area contributed by atoms with E-state index in [9.17, 15) is 9.59 Å². The zero-order valence-corrected chi connectivity index (χ0v) is 40.3. The Morgan fingerprint density at radius 2 is 0.726 bits per heavy atom. The average molecular weight is 859 g/mol. The van der Waals surface area contributed by atoms with E-state index in [1.54, 1.807) is 0 Å². The van der Waals surface area contributed by atoms with Crippen LogP contribution in [0.1, 0.15) is 213 Å². The fourth-order valence-electron chi connectivity index (χ4n) is 6.60. The van der Waals surface area contributed by atoms with E-state index in [2.05, 4.69) is 130 Å². The van der Waals surface area contributed by atoms with Crippen molar-refractivity contribution in [1.82, 2.24) is 0 Å². The van der Waals surface area contributed by atoms with Gasteiger partial charge in [0.1, 0.15) is 6.61 Å². The zero-order valence-electron chi connectivity index (χ0n) is 40.3. The number of carbonyl (C=O) groups is 2. The van der Waals surface area contributed by atoms with E-state index in [-0.39, 0.29) is 25.2 Å². The summed E-state index contributed by atoms with van der Waals surface area (Å²) < 4.78 is 17.3. The fraction of sp³-hybridized carbons (Fsp3) is 0.649. The molecule has 352 valence electrons. The molecule has 0 aliphatic carbocycles. The maximum Gasteiger partial charge on any atom is 0.306 e. The Morgan fingerprint density at radius 3 is 1.16 bits per heavy atom. The predicted molar refractivity (Wildman–Crippen MR) is 269 cm³/mol. The van der Waals surface area contributed by atoms with Gasteiger partial charge in [0.25, 0.3) is 0 Å². The first kappa shape index (κ1) is 58.6. The number of ether oxygens (including phenoxy) is 3. The number of allylic oxidation sites excluding steroid dienone is 18. The molecule has 0 bridgehead atoms. The van der Waals surface area contributed by atoms with Crippen LogP contribution in [-0.4, -0.2) is 37.9 Å². The summed E-state index contributed by atoms with van der Waals surface area (Å²) in [6.07, 6.45) is 71.1. The van der Waals surface area contributed by atoms with Gasteiger partial charge < -0.3 is 14.2 Å². The van der Waals surface area contributed by atoms with Gasteiger partial charge in [0.05, 0.1) is 6.61 Å². The van der Waals surface area contributed by atoms with Crippen LogP contribution in [0.15, 0.2) is 109 Å². The summed E-state index contributed by atoms with van der Waals surface area (Å²) in [6, 6.07) is 0. The van der Waals surface area contributed by atoms with Gasteiger partial charge in [-0.2, -0.15) is 0 Å². The van der Waals surface area contributed by atoms with Crippen LogP contribution in [0.3, 0.4) is 0 Å². The molecule has 0 aromatic carbocycles. The first-order valence-electron chi connectivity index (χ1n) is 25.4. The van der Waals surface area contributed by atoms with Gasteiger partial charge in [0.15, 0.2) is 6.10 Å². The molecule has 5 nitrogen and oxygen atoms in total. The summed E-state index contributed by atoms with van der Waals surface area (Å²) in [4.78, 5) is 25.4. The monoisotopic (exact) mass is 859 g/mol. The number of hydrogen-bond donors (Lipinski definition) is 0. The molecule has 0 saturated heterocycles. The molecule has 62 heavy (non-hydrogen) atoms. The lowest BCUT2D eigenvalue weighted by atomic mass is 10.0. The van der Waals surface area contributed by atoms with Crippen LogP contribution in [0.25, 0.3) is 0 Å². The highest BCUT2D eigenvalue weighted by Gasteiger charge is 2.17. The van der Waals surface area contributed by atoms with Crippen LogP contribution < -0.4 is 0 Å². The SMILES string of the molecule is CC/C=C\C/C=C\C/C=C\C/C=C\C/C=C\CCCCCC(=O)OCC(COCCC/C=C\C/C=C\C/C=C\C/C=C\CC)OC(=O)CCCCCCCCCCCCCCC. The second-order valence-electron chi connectivity index (χ2n) is 16.3. The molecular weight excluding hydrogens is 765 g/mol. The molecule has 0 saturated carbocycles. The number of esters is 2. The molecule has 0 aromatic rings. The summed E-state index contributed by atoms with van der Waals surface area (Å²) in [5.41, 5.74) is 0. The maximum atomic E-state index is 12.8. The van der Waals surface area contributed by atoms with Gasteiger partial charge in [-0.25, -0.2) is 0 Å². The summed E-state index contributed by atoms with van der Waals surface area (Å²) in [7, 11) is 0.